The van der Waals surface area contributed by atoms with Gasteiger partial charge < -0.3 is 14.8 Å². The molecule has 1 heterocycles. The number of hydrogen-bond donors (Lipinski definition) is 1. The van der Waals surface area contributed by atoms with Gasteiger partial charge in [-0.3, -0.25) is 4.79 Å². The van der Waals surface area contributed by atoms with Crippen molar-refractivity contribution < 1.29 is 23.5 Å². The third-order valence-corrected chi connectivity index (χ3v) is 4.17. The van der Waals surface area contributed by atoms with Crippen LogP contribution in [0.4, 0.5) is 4.39 Å². The van der Waals surface area contributed by atoms with Crippen molar-refractivity contribution in [1.82, 2.24) is 5.32 Å². The van der Waals surface area contributed by atoms with Gasteiger partial charge in [0.1, 0.15) is 17.7 Å². The molecule has 2 unspecified atom stereocenters. The van der Waals surface area contributed by atoms with Gasteiger partial charge in [0.25, 0.3) is 0 Å². The van der Waals surface area contributed by atoms with Crippen LogP contribution in [0.25, 0.3) is 0 Å². The highest BCUT2D eigenvalue weighted by molar-refractivity contribution is 5.89. The highest BCUT2D eigenvalue weighted by atomic mass is 19.1. The number of ether oxygens (including phenoxy) is 2. The van der Waals surface area contributed by atoms with E-state index in [1.165, 1.54) is 19.2 Å². The lowest BCUT2D eigenvalue weighted by molar-refractivity contribution is -0.119. The number of carbonyl (C=O) groups is 2. The molecule has 25 heavy (non-hydrogen) atoms. The van der Waals surface area contributed by atoms with E-state index in [9.17, 15) is 14.0 Å². The summed E-state index contributed by atoms with van der Waals surface area (Å²) in [5.41, 5.74) is 1.21. The fraction of sp³-hybridized carbons (Fsp3) is 0.263. The molecule has 2 aromatic carbocycles. The van der Waals surface area contributed by atoms with Crippen LogP contribution in [0, 0.1) is 11.7 Å². The lowest BCUT2D eigenvalue weighted by Crippen LogP contribution is -2.21. The van der Waals surface area contributed by atoms with Crippen LogP contribution in [0.5, 0.6) is 5.75 Å². The van der Waals surface area contributed by atoms with Gasteiger partial charge in [-0.1, -0.05) is 12.1 Å². The molecule has 6 heteroatoms. The van der Waals surface area contributed by atoms with Crippen LogP contribution < -0.4 is 10.1 Å². The van der Waals surface area contributed by atoms with Gasteiger partial charge in [0, 0.05) is 18.9 Å². The summed E-state index contributed by atoms with van der Waals surface area (Å²) in [6, 6.07) is 12.6. The van der Waals surface area contributed by atoms with Crippen LogP contribution >= 0.6 is 0 Å². The summed E-state index contributed by atoms with van der Waals surface area (Å²) < 4.78 is 24.0. The molecule has 1 aliphatic heterocycles. The Morgan fingerprint density at radius 3 is 2.40 bits per heavy atom. The molecule has 1 fully saturated rings. The molecule has 0 radical (unpaired) electrons. The van der Waals surface area contributed by atoms with E-state index in [2.05, 4.69) is 10.1 Å². The summed E-state index contributed by atoms with van der Waals surface area (Å²) in [5.74, 6) is -0.279. The summed E-state index contributed by atoms with van der Waals surface area (Å²) in [4.78, 5) is 23.1. The molecule has 0 spiro atoms. The van der Waals surface area contributed by atoms with Crippen molar-refractivity contribution >= 4 is 11.9 Å². The maximum Gasteiger partial charge on any atom is 0.337 e. The third kappa shape index (κ3) is 3.96. The third-order valence-electron chi connectivity index (χ3n) is 4.17. The molecule has 1 aliphatic rings. The summed E-state index contributed by atoms with van der Waals surface area (Å²) in [6.45, 7) is 0.501. The smallest absolute Gasteiger partial charge is 0.337 e. The summed E-state index contributed by atoms with van der Waals surface area (Å²) in [5, 5.41) is 2.79. The Kier molecular flexibility index (Phi) is 4.97. The number of nitrogens with one attached hydrogen (secondary N) is 1. The van der Waals surface area contributed by atoms with E-state index in [1.807, 2.05) is 0 Å². The topological polar surface area (TPSA) is 64.6 Å². The standard InChI is InChI=1S/C19H18FNO4/c1-24-19(23)13-4-8-16(9-5-13)25-18(14-10-17(22)21-11-14)12-2-6-15(20)7-3-12/h2-9,14,18H,10-11H2,1H3,(H,21,22). The van der Waals surface area contributed by atoms with Gasteiger partial charge in [0.15, 0.2) is 0 Å². The Balaban J connectivity index is 1.83. The van der Waals surface area contributed by atoms with Crippen molar-refractivity contribution in [2.45, 2.75) is 12.5 Å². The Bertz CT molecular complexity index is 758. The van der Waals surface area contributed by atoms with Gasteiger partial charge >= 0.3 is 5.97 Å². The monoisotopic (exact) mass is 343 g/mol. The maximum atomic E-state index is 13.2. The molecule has 0 aliphatic carbocycles. The van der Waals surface area contributed by atoms with Crippen LogP contribution in [0.3, 0.4) is 0 Å². The van der Waals surface area contributed by atoms with Crippen molar-refractivity contribution in [2.75, 3.05) is 13.7 Å². The van der Waals surface area contributed by atoms with Crippen LogP contribution in [-0.2, 0) is 9.53 Å². The van der Waals surface area contributed by atoms with Crippen LogP contribution in [-0.4, -0.2) is 25.5 Å². The molecule has 0 saturated carbocycles. The normalized spacial score (nSPS) is 17.7. The molecule has 2 aromatic rings. The van der Waals surface area contributed by atoms with Crippen LogP contribution in [0.15, 0.2) is 48.5 Å². The number of halogens is 1. The van der Waals surface area contributed by atoms with Crippen molar-refractivity contribution in [3.63, 3.8) is 0 Å². The second kappa shape index (κ2) is 7.34. The minimum atomic E-state index is -0.424. The highest BCUT2D eigenvalue weighted by Crippen LogP contribution is 2.32. The van der Waals surface area contributed by atoms with E-state index in [4.69, 9.17) is 4.74 Å². The van der Waals surface area contributed by atoms with Crippen molar-refractivity contribution in [3.05, 3.63) is 65.5 Å². The lowest BCUT2D eigenvalue weighted by Gasteiger charge is -2.24. The lowest BCUT2D eigenvalue weighted by atomic mass is 9.94. The van der Waals surface area contributed by atoms with Gasteiger partial charge in [-0.25, -0.2) is 9.18 Å². The first-order valence-electron chi connectivity index (χ1n) is 7.94. The van der Waals surface area contributed by atoms with Gasteiger partial charge in [-0.15, -0.1) is 0 Å². The molecule has 1 saturated heterocycles. The predicted octanol–water partition coefficient (Wildman–Crippen LogP) is 2.87. The van der Waals surface area contributed by atoms with E-state index in [-0.39, 0.29) is 17.6 Å². The van der Waals surface area contributed by atoms with Crippen LogP contribution in [0.2, 0.25) is 0 Å². The molecule has 0 aromatic heterocycles. The van der Waals surface area contributed by atoms with Gasteiger partial charge in [0.05, 0.1) is 12.7 Å². The summed E-state index contributed by atoms with van der Waals surface area (Å²) in [7, 11) is 1.32. The number of benzene rings is 2. The van der Waals surface area contributed by atoms with Gasteiger partial charge in [-0.05, 0) is 42.0 Å². The molecule has 0 bridgehead atoms. The minimum absolute atomic E-state index is 0.0262. The maximum absolute atomic E-state index is 13.2. The number of carbonyl (C=O) groups excluding carboxylic acids is 2. The second-order valence-electron chi connectivity index (χ2n) is 5.87. The Morgan fingerprint density at radius 2 is 1.84 bits per heavy atom. The fourth-order valence-electron chi connectivity index (χ4n) is 2.86. The largest absolute Gasteiger partial charge is 0.485 e. The van der Waals surface area contributed by atoms with Crippen molar-refractivity contribution in [3.8, 4) is 5.75 Å². The fourth-order valence-corrected chi connectivity index (χ4v) is 2.86. The molecule has 2 atom stereocenters. The van der Waals surface area contributed by atoms with E-state index >= 15 is 0 Å². The quantitative estimate of drug-likeness (QED) is 0.848. The Labute approximate surface area is 144 Å². The average molecular weight is 343 g/mol. The number of rotatable bonds is 5. The van der Waals surface area contributed by atoms with E-state index in [0.29, 0.717) is 24.3 Å². The molecular formula is C19H18FNO4. The zero-order valence-electron chi connectivity index (χ0n) is 13.7. The Hall–Kier alpha value is -2.89. The number of methoxy groups -OCH3 is 1. The van der Waals surface area contributed by atoms with Crippen molar-refractivity contribution in [2.24, 2.45) is 5.92 Å². The number of hydrogen-bond acceptors (Lipinski definition) is 4. The molecule has 1 N–H and O–H groups in total. The zero-order valence-corrected chi connectivity index (χ0v) is 13.7. The van der Waals surface area contributed by atoms with E-state index < -0.39 is 12.1 Å². The van der Waals surface area contributed by atoms with Gasteiger partial charge in [0.2, 0.25) is 5.91 Å². The average Bonchev–Trinajstić information content (AvgIpc) is 3.06. The number of esters is 1. The predicted molar refractivity (Wildman–Crippen MR) is 88.7 cm³/mol. The SMILES string of the molecule is COC(=O)c1ccc(OC(c2ccc(F)cc2)C2CNC(=O)C2)cc1. The van der Waals surface area contributed by atoms with Crippen LogP contribution in [0.1, 0.15) is 28.4 Å². The molecule has 3 rings (SSSR count). The first-order valence-corrected chi connectivity index (χ1v) is 7.94. The number of amides is 1. The molecular weight excluding hydrogens is 325 g/mol. The molecule has 130 valence electrons. The second-order valence-corrected chi connectivity index (χ2v) is 5.87. The Morgan fingerprint density at radius 1 is 1.16 bits per heavy atom. The van der Waals surface area contributed by atoms with Gasteiger partial charge in [-0.2, -0.15) is 0 Å². The first-order chi connectivity index (χ1) is 12.1. The van der Waals surface area contributed by atoms with E-state index in [1.54, 1.807) is 36.4 Å². The molecule has 1 amide bonds. The summed E-state index contributed by atoms with van der Waals surface area (Å²) >= 11 is 0. The zero-order chi connectivity index (χ0) is 17.8. The van der Waals surface area contributed by atoms with Crippen molar-refractivity contribution in [1.29, 1.82) is 0 Å². The first kappa shape index (κ1) is 17.0. The highest BCUT2D eigenvalue weighted by Gasteiger charge is 2.32. The van der Waals surface area contributed by atoms with E-state index in [0.717, 1.165) is 5.56 Å². The minimum Gasteiger partial charge on any atom is -0.485 e. The molecule has 5 nitrogen and oxygen atoms in total. The summed E-state index contributed by atoms with van der Waals surface area (Å²) in [6.07, 6.45) is -0.0500.